The van der Waals surface area contributed by atoms with Crippen LogP contribution in [-0.4, -0.2) is 18.7 Å². The summed E-state index contributed by atoms with van der Waals surface area (Å²) in [6.07, 6.45) is 1.49. The summed E-state index contributed by atoms with van der Waals surface area (Å²) < 4.78 is 9.56. The maximum Gasteiger partial charge on any atom is 0.311 e. The number of rotatable bonds is 6. The predicted molar refractivity (Wildman–Crippen MR) is 56.0 cm³/mol. The second-order valence-electron chi connectivity index (χ2n) is 3.71. The van der Waals surface area contributed by atoms with Gasteiger partial charge < -0.3 is 9.47 Å². The van der Waals surface area contributed by atoms with Gasteiger partial charge in [0.15, 0.2) is 0 Å². The zero-order valence-corrected chi connectivity index (χ0v) is 9.91. The van der Waals surface area contributed by atoms with Crippen LogP contribution >= 0.6 is 0 Å². The van der Waals surface area contributed by atoms with E-state index in [0.29, 0.717) is 0 Å². The van der Waals surface area contributed by atoms with Crippen LogP contribution in [0.4, 0.5) is 0 Å². The van der Waals surface area contributed by atoms with Crippen molar-refractivity contribution >= 4 is 11.9 Å². The van der Waals surface area contributed by atoms with Crippen LogP contribution in [-0.2, 0) is 19.1 Å². The van der Waals surface area contributed by atoms with Crippen LogP contribution in [0.5, 0.6) is 0 Å². The molecule has 0 atom stereocenters. The van der Waals surface area contributed by atoms with Gasteiger partial charge in [-0.25, -0.2) is 0 Å². The SMILES string of the molecule is CCC(CC)C(=O)OCOC(=O)C(C)C. The lowest BCUT2D eigenvalue weighted by Gasteiger charge is -2.12. The minimum Gasteiger partial charge on any atom is -0.428 e. The highest BCUT2D eigenvalue weighted by atomic mass is 16.7. The summed E-state index contributed by atoms with van der Waals surface area (Å²) in [6, 6.07) is 0. The van der Waals surface area contributed by atoms with Crippen molar-refractivity contribution in [1.82, 2.24) is 0 Å². The molecule has 0 saturated carbocycles. The minimum atomic E-state index is -0.354. The first-order valence-electron chi connectivity index (χ1n) is 5.36. The maximum absolute atomic E-state index is 11.3. The highest BCUT2D eigenvalue weighted by Gasteiger charge is 2.16. The minimum absolute atomic E-state index is 0.0947. The molecular weight excluding hydrogens is 196 g/mol. The Labute approximate surface area is 90.9 Å². The molecule has 0 aliphatic heterocycles. The summed E-state index contributed by atoms with van der Waals surface area (Å²) in [4.78, 5) is 22.4. The van der Waals surface area contributed by atoms with Crippen LogP contribution in [0.25, 0.3) is 0 Å². The van der Waals surface area contributed by atoms with Crippen molar-refractivity contribution in [2.24, 2.45) is 11.8 Å². The Morgan fingerprint density at radius 2 is 1.47 bits per heavy atom. The molecule has 4 heteroatoms. The lowest BCUT2D eigenvalue weighted by atomic mass is 10.0. The molecule has 0 heterocycles. The summed E-state index contributed by atoms with van der Waals surface area (Å²) >= 11 is 0. The number of hydrogen-bond acceptors (Lipinski definition) is 4. The molecule has 0 N–H and O–H groups in total. The number of ether oxygens (including phenoxy) is 2. The largest absolute Gasteiger partial charge is 0.428 e. The summed E-state index contributed by atoms with van der Waals surface area (Å²) in [7, 11) is 0. The second kappa shape index (κ2) is 7.26. The Morgan fingerprint density at radius 1 is 1.00 bits per heavy atom. The number of carbonyl (C=O) groups is 2. The van der Waals surface area contributed by atoms with E-state index in [9.17, 15) is 9.59 Å². The second-order valence-corrected chi connectivity index (χ2v) is 3.71. The van der Waals surface area contributed by atoms with Gasteiger partial charge in [-0.15, -0.1) is 0 Å². The van der Waals surface area contributed by atoms with Crippen molar-refractivity contribution in [2.75, 3.05) is 6.79 Å². The van der Waals surface area contributed by atoms with Crippen molar-refractivity contribution in [3.8, 4) is 0 Å². The number of hydrogen-bond donors (Lipinski definition) is 0. The molecule has 0 amide bonds. The maximum atomic E-state index is 11.3. The number of esters is 2. The van der Waals surface area contributed by atoms with E-state index in [1.54, 1.807) is 13.8 Å². The van der Waals surface area contributed by atoms with E-state index in [1.165, 1.54) is 0 Å². The molecule has 0 spiro atoms. The van der Waals surface area contributed by atoms with Gasteiger partial charge in [-0.2, -0.15) is 0 Å². The average molecular weight is 216 g/mol. The Bertz CT molecular complexity index is 207. The molecule has 0 radical (unpaired) electrons. The Kier molecular flexibility index (Phi) is 6.75. The van der Waals surface area contributed by atoms with E-state index in [2.05, 4.69) is 0 Å². The fourth-order valence-electron chi connectivity index (χ4n) is 1.05. The van der Waals surface area contributed by atoms with Crippen LogP contribution in [0.2, 0.25) is 0 Å². The molecule has 0 aromatic heterocycles. The summed E-state index contributed by atoms with van der Waals surface area (Å²) in [5.41, 5.74) is 0. The first-order valence-corrected chi connectivity index (χ1v) is 5.36. The van der Waals surface area contributed by atoms with E-state index in [4.69, 9.17) is 9.47 Å². The molecule has 0 aliphatic rings. The molecule has 0 unspecified atom stereocenters. The first kappa shape index (κ1) is 13.9. The van der Waals surface area contributed by atoms with Crippen LogP contribution in [0.1, 0.15) is 40.5 Å². The van der Waals surface area contributed by atoms with E-state index in [-0.39, 0.29) is 30.6 Å². The molecular formula is C11H20O4. The van der Waals surface area contributed by atoms with E-state index in [0.717, 1.165) is 12.8 Å². The van der Waals surface area contributed by atoms with Gasteiger partial charge in [0.1, 0.15) is 0 Å². The van der Waals surface area contributed by atoms with Crippen molar-refractivity contribution in [2.45, 2.75) is 40.5 Å². The first-order chi connectivity index (χ1) is 7.02. The molecule has 0 fully saturated rings. The number of carbonyl (C=O) groups excluding carboxylic acids is 2. The van der Waals surface area contributed by atoms with Gasteiger partial charge in [0.05, 0.1) is 11.8 Å². The smallest absolute Gasteiger partial charge is 0.311 e. The third kappa shape index (κ3) is 5.40. The van der Waals surface area contributed by atoms with Gasteiger partial charge in [-0.05, 0) is 12.8 Å². The van der Waals surface area contributed by atoms with E-state index >= 15 is 0 Å². The highest BCUT2D eigenvalue weighted by molar-refractivity contribution is 5.73. The van der Waals surface area contributed by atoms with Gasteiger partial charge in [0.25, 0.3) is 0 Å². The zero-order valence-electron chi connectivity index (χ0n) is 9.91. The van der Waals surface area contributed by atoms with Gasteiger partial charge in [0.2, 0.25) is 6.79 Å². The van der Waals surface area contributed by atoms with Crippen LogP contribution in [0, 0.1) is 11.8 Å². The Morgan fingerprint density at radius 3 is 1.87 bits per heavy atom. The average Bonchev–Trinajstić information content (AvgIpc) is 2.19. The zero-order chi connectivity index (χ0) is 11.8. The Hall–Kier alpha value is -1.06. The molecule has 0 rings (SSSR count). The summed E-state index contributed by atoms with van der Waals surface area (Å²) in [5.74, 6) is -0.941. The predicted octanol–water partition coefficient (Wildman–Crippen LogP) is 2.12. The van der Waals surface area contributed by atoms with Crippen molar-refractivity contribution in [1.29, 1.82) is 0 Å². The standard InChI is InChI=1S/C11H20O4/c1-5-9(6-2)11(13)15-7-14-10(12)8(3)4/h8-9H,5-7H2,1-4H3. The lowest BCUT2D eigenvalue weighted by Crippen LogP contribution is -2.20. The fourth-order valence-corrected chi connectivity index (χ4v) is 1.05. The van der Waals surface area contributed by atoms with Crippen molar-refractivity contribution in [3.05, 3.63) is 0 Å². The van der Waals surface area contributed by atoms with E-state index in [1.807, 2.05) is 13.8 Å². The topological polar surface area (TPSA) is 52.6 Å². The summed E-state index contributed by atoms with van der Waals surface area (Å²) in [5, 5.41) is 0. The van der Waals surface area contributed by atoms with Gasteiger partial charge in [0, 0.05) is 0 Å². The summed E-state index contributed by atoms with van der Waals surface area (Å²) in [6.45, 7) is 7.04. The van der Waals surface area contributed by atoms with Gasteiger partial charge >= 0.3 is 11.9 Å². The van der Waals surface area contributed by atoms with Crippen LogP contribution in [0.15, 0.2) is 0 Å². The van der Waals surface area contributed by atoms with Crippen molar-refractivity contribution < 1.29 is 19.1 Å². The molecule has 0 saturated heterocycles. The quantitative estimate of drug-likeness (QED) is 0.504. The monoisotopic (exact) mass is 216 g/mol. The molecule has 88 valence electrons. The van der Waals surface area contributed by atoms with Crippen LogP contribution in [0.3, 0.4) is 0 Å². The molecule has 0 aromatic rings. The molecule has 0 aromatic carbocycles. The molecule has 15 heavy (non-hydrogen) atoms. The van der Waals surface area contributed by atoms with Gasteiger partial charge in [-0.1, -0.05) is 27.7 Å². The molecule has 0 bridgehead atoms. The highest BCUT2D eigenvalue weighted by Crippen LogP contribution is 2.09. The van der Waals surface area contributed by atoms with Gasteiger partial charge in [-0.3, -0.25) is 9.59 Å². The normalized spacial score (nSPS) is 10.5. The fraction of sp³-hybridized carbons (Fsp3) is 0.818. The van der Waals surface area contributed by atoms with Crippen LogP contribution < -0.4 is 0 Å². The van der Waals surface area contributed by atoms with Crippen molar-refractivity contribution in [3.63, 3.8) is 0 Å². The lowest BCUT2D eigenvalue weighted by molar-refractivity contribution is -0.172. The third-order valence-electron chi connectivity index (χ3n) is 2.19. The Balaban J connectivity index is 3.76. The van der Waals surface area contributed by atoms with E-state index < -0.39 is 0 Å². The molecule has 4 nitrogen and oxygen atoms in total. The molecule has 0 aliphatic carbocycles. The third-order valence-corrected chi connectivity index (χ3v) is 2.19.